The van der Waals surface area contributed by atoms with Crippen molar-refractivity contribution in [3.05, 3.63) is 58.9 Å². The smallest absolute Gasteiger partial charge is 0.263 e. The van der Waals surface area contributed by atoms with Gasteiger partial charge in [-0.25, -0.2) is 4.98 Å². The molecule has 0 atom stereocenters. The summed E-state index contributed by atoms with van der Waals surface area (Å²) in [7, 11) is 3.15. The van der Waals surface area contributed by atoms with Crippen LogP contribution in [0.2, 0.25) is 0 Å². The zero-order valence-electron chi connectivity index (χ0n) is 16.9. The average Bonchev–Trinajstić information content (AvgIpc) is 3.18. The zero-order chi connectivity index (χ0) is 21.5. The highest BCUT2D eigenvalue weighted by atomic mass is 32.1. The molecule has 156 valence electrons. The van der Waals surface area contributed by atoms with Crippen LogP contribution in [0.15, 0.2) is 42.7 Å². The van der Waals surface area contributed by atoms with E-state index < -0.39 is 0 Å². The van der Waals surface area contributed by atoms with Crippen LogP contribution in [0, 0.1) is 6.92 Å². The van der Waals surface area contributed by atoms with E-state index in [9.17, 15) is 9.59 Å². The van der Waals surface area contributed by atoms with E-state index in [0.717, 1.165) is 5.56 Å². The number of hydrogen-bond acceptors (Lipinski definition) is 7. The van der Waals surface area contributed by atoms with Gasteiger partial charge >= 0.3 is 0 Å². The fraction of sp³-hybridized carbons (Fsp3) is 0.238. The Morgan fingerprint density at radius 2 is 1.63 bits per heavy atom. The van der Waals surface area contributed by atoms with Crippen molar-refractivity contribution in [3.63, 3.8) is 0 Å². The number of aryl methyl sites for hydroxylation is 1. The van der Waals surface area contributed by atoms with Crippen LogP contribution < -0.4 is 20.1 Å². The van der Waals surface area contributed by atoms with E-state index in [0.29, 0.717) is 45.7 Å². The van der Waals surface area contributed by atoms with E-state index in [1.807, 2.05) is 12.1 Å². The van der Waals surface area contributed by atoms with Crippen molar-refractivity contribution in [3.8, 4) is 22.1 Å². The van der Waals surface area contributed by atoms with Crippen molar-refractivity contribution < 1.29 is 19.1 Å². The van der Waals surface area contributed by atoms with Crippen molar-refractivity contribution in [1.29, 1.82) is 0 Å². The molecule has 3 aromatic rings. The number of nitrogens with zero attached hydrogens (tertiary/aromatic N) is 2. The lowest BCUT2D eigenvalue weighted by atomic mass is 10.2. The Hall–Kier alpha value is -3.46. The van der Waals surface area contributed by atoms with E-state index in [1.165, 1.54) is 11.3 Å². The zero-order valence-corrected chi connectivity index (χ0v) is 17.7. The number of rotatable bonds is 8. The lowest BCUT2D eigenvalue weighted by Crippen LogP contribution is -2.34. The van der Waals surface area contributed by atoms with Gasteiger partial charge in [0.2, 0.25) is 0 Å². The van der Waals surface area contributed by atoms with Gasteiger partial charge in [-0.1, -0.05) is 0 Å². The van der Waals surface area contributed by atoms with Crippen LogP contribution in [0.25, 0.3) is 10.6 Å². The molecule has 2 amide bonds. The van der Waals surface area contributed by atoms with E-state index in [1.54, 1.807) is 51.7 Å². The van der Waals surface area contributed by atoms with Crippen molar-refractivity contribution in [2.45, 2.75) is 6.92 Å². The van der Waals surface area contributed by atoms with Gasteiger partial charge in [-0.15, -0.1) is 11.3 Å². The van der Waals surface area contributed by atoms with Crippen molar-refractivity contribution in [2.24, 2.45) is 0 Å². The van der Waals surface area contributed by atoms with Crippen LogP contribution in [-0.4, -0.2) is 49.1 Å². The number of hydrogen-bond donors (Lipinski definition) is 2. The van der Waals surface area contributed by atoms with Gasteiger partial charge in [0.1, 0.15) is 9.88 Å². The van der Waals surface area contributed by atoms with Crippen molar-refractivity contribution in [2.75, 3.05) is 27.3 Å². The maximum atomic E-state index is 12.5. The molecule has 30 heavy (non-hydrogen) atoms. The van der Waals surface area contributed by atoms with Crippen LogP contribution in [0.3, 0.4) is 0 Å². The summed E-state index contributed by atoms with van der Waals surface area (Å²) >= 11 is 1.30. The number of ether oxygens (including phenoxy) is 2. The lowest BCUT2D eigenvalue weighted by molar-refractivity contribution is 0.0929. The predicted octanol–water partition coefficient (Wildman–Crippen LogP) is 2.69. The quantitative estimate of drug-likeness (QED) is 0.537. The first-order valence-corrected chi connectivity index (χ1v) is 10.0. The van der Waals surface area contributed by atoms with Gasteiger partial charge in [0, 0.05) is 36.6 Å². The second-order valence-electron chi connectivity index (χ2n) is 6.25. The van der Waals surface area contributed by atoms with E-state index in [2.05, 4.69) is 20.6 Å². The van der Waals surface area contributed by atoms with Crippen LogP contribution in [0.5, 0.6) is 11.5 Å². The second-order valence-corrected chi connectivity index (χ2v) is 7.25. The Morgan fingerprint density at radius 1 is 0.967 bits per heavy atom. The largest absolute Gasteiger partial charge is 0.493 e. The van der Waals surface area contributed by atoms with E-state index >= 15 is 0 Å². The summed E-state index contributed by atoms with van der Waals surface area (Å²) in [5, 5.41) is 6.28. The molecule has 0 saturated heterocycles. The highest BCUT2D eigenvalue weighted by Crippen LogP contribution is 2.34. The molecule has 0 spiro atoms. The average molecular weight is 426 g/mol. The Kier molecular flexibility index (Phi) is 6.97. The number of aromatic nitrogens is 2. The lowest BCUT2D eigenvalue weighted by Gasteiger charge is -2.08. The van der Waals surface area contributed by atoms with Gasteiger partial charge in [-0.2, -0.15) is 0 Å². The van der Waals surface area contributed by atoms with Gasteiger partial charge in [-0.05, 0) is 37.3 Å². The minimum atomic E-state index is -0.227. The Labute approximate surface area is 178 Å². The summed E-state index contributed by atoms with van der Waals surface area (Å²) in [6.45, 7) is 2.41. The molecule has 8 nitrogen and oxygen atoms in total. The topological polar surface area (TPSA) is 102 Å². The number of nitrogens with one attached hydrogen (secondary N) is 2. The van der Waals surface area contributed by atoms with Gasteiger partial charge in [0.05, 0.1) is 19.9 Å². The molecule has 0 saturated carbocycles. The number of pyridine rings is 1. The third-order valence-electron chi connectivity index (χ3n) is 4.27. The first kappa shape index (κ1) is 21.3. The maximum absolute atomic E-state index is 12.5. The standard InChI is InChI=1S/C21H22N4O4S/c1-13-18(20(27)24-11-10-23-19(26)14-6-8-22-9-7-14)30-21(25-13)15-4-5-16(28-2)17(12-15)29-3/h4-9,12H,10-11H2,1-3H3,(H,23,26)(H,24,27). The number of carbonyl (C=O) groups excluding carboxylic acids is 2. The molecule has 0 unspecified atom stereocenters. The third kappa shape index (κ3) is 4.93. The minimum absolute atomic E-state index is 0.212. The molecular weight excluding hydrogens is 404 g/mol. The minimum Gasteiger partial charge on any atom is -0.493 e. The molecule has 9 heteroatoms. The molecule has 2 heterocycles. The van der Waals surface area contributed by atoms with Gasteiger partial charge in [0.25, 0.3) is 11.8 Å². The Bertz CT molecular complexity index is 1040. The Balaban J connectivity index is 1.59. The molecule has 1 aromatic carbocycles. The highest BCUT2D eigenvalue weighted by molar-refractivity contribution is 7.17. The number of carbonyl (C=O) groups is 2. The van der Waals surface area contributed by atoms with E-state index in [4.69, 9.17) is 9.47 Å². The van der Waals surface area contributed by atoms with Crippen LogP contribution in [0.1, 0.15) is 25.7 Å². The SMILES string of the molecule is COc1ccc(-c2nc(C)c(C(=O)NCCNC(=O)c3ccncc3)s2)cc1OC. The molecule has 0 radical (unpaired) electrons. The molecule has 0 aliphatic rings. The normalized spacial score (nSPS) is 10.4. The van der Waals surface area contributed by atoms with Gasteiger partial charge in [-0.3, -0.25) is 14.6 Å². The molecule has 0 aliphatic heterocycles. The van der Waals surface area contributed by atoms with Crippen LogP contribution in [0.4, 0.5) is 0 Å². The highest BCUT2D eigenvalue weighted by Gasteiger charge is 2.17. The fourth-order valence-corrected chi connectivity index (χ4v) is 3.72. The molecule has 2 N–H and O–H groups in total. The third-order valence-corrected chi connectivity index (χ3v) is 5.48. The molecule has 0 bridgehead atoms. The number of benzene rings is 1. The first-order valence-electron chi connectivity index (χ1n) is 9.19. The molecule has 0 aliphatic carbocycles. The predicted molar refractivity (Wildman–Crippen MR) is 114 cm³/mol. The summed E-state index contributed by atoms with van der Waals surface area (Å²) in [5.74, 6) is 0.784. The van der Waals surface area contributed by atoms with E-state index in [-0.39, 0.29) is 11.8 Å². The number of methoxy groups -OCH3 is 2. The van der Waals surface area contributed by atoms with Crippen LogP contribution in [-0.2, 0) is 0 Å². The summed E-state index contributed by atoms with van der Waals surface area (Å²) in [5.41, 5.74) is 2.00. The molecular formula is C21H22N4O4S. The maximum Gasteiger partial charge on any atom is 0.263 e. The summed E-state index contributed by atoms with van der Waals surface area (Å²) in [6.07, 6.45) is 3.11. The molecule has 2 aromatic heterocycles. The summed E-state index contributed by atoms with van der Waals surface area (Å²) in [6, 6.07) is 8.76. The monoisotopic (exact) mass is 426 g/mol. The van der Waals surface area contributed by atoms with Gasteiger partial charge < -0.3 is 20.1 Å². The van der Waals surface area contributed by atoms with Crippen molar-refractivity contribution in [1.82, 2.24) is 20.6 Å². The fourth-order valence-electron chi connectivity index (χ4n) is 2.74. The summed E-state index contributed by atoms with van der Waals surface area (Å²) in [4.78, 5) is 33.5. The number of thiazole rings is 1. The molecule has 0 fully saturated rings. The van der Waals surface area contributed by atoms with Gasteiger partial charge in [0.15, 0.2) is 11.5 Å². The number of amides is 2. The van der Waals surface area contributed by atoms with Crippen molar-refractivity contribution >= 4 is 23.2 Å². The molecule has 3 rings (SSSR count). The Morgan fingerprint density at radius 3 is 2.30 bits per heavy atom. The summed E-state index contributed by atoms with van der Waals surface area (Å²) < 4.78 is 10.6. The first-order chi connectivity index (χ1) is 14.5. The van der Waals surface area contributed by atoms with Crippen LogP contribution >= 0.6 is 11.3 Å². The second kappa shape index (κ2) is 9.84.